The molecule has 8 heteroatoms. The lowest BCUT2D eigenvalue weighted by Gasteiger charge is -2.22. The van der Waals surface area contributed by atoms with Gasteiger partial charge in [0.05, 0.1) is 10.2 Å². The van der Waals surface area contributed by atoms with Gasteiger partial charge in [-0.3, -0.25) is 4.79 Å². The van der Waals surface area contributed by atoms with Gasteiger partial charge in [0, 0.05) is 48.7 Å². The Bertz CT molecular complexity index is 1530. The maximum atomic E-state index is 13.2. The highest BCUT2D eigenvalue weighted by Gasteiger charge is 2.22. The first kappa shape index (κ1) is 24.7. The van der Waals surface area contributed by atoms with Crippen LogP contribution in [0.3, 0.4) is 0 Å². The van der Waals surface area contributed by atoms with Gasteiger partial charge in [0.1, 0.15) is 16.7 Å². The zero-order valence-corrected chi connectivity index (χ0v) is 21.8. The number of benzene rings is 2. The molecule has 0 saturated carbocycles. The van der Waals surface area contributed by atoms with Crippen LogP contribution in [0.2, 0.25) is 0 Å². The Morgan fingerprint density at radius 2 is 1.34 bits per heavy atom. The van der Waals surface area contributed by atoms with Gasteiger partial charge in [-0.25, -0.2) is 9.59 Å². The highest BCUT2D eigenvalue weighted by atomic mass is 79.9. The Hall–Kier alpha value is -3.39. The lowest BCUT2D eigenvalue weighted by atomic mass is 10.0. The van der Waals surface area contributed by atoms with Gasteiger partial charge < -0.3 is 18.6 Å². The molecule has 4 aromatic rings. The molecule has 0 radical (unpaired) electrons. The Kier molecular flexibility index (Phi) is 7.12. The third-order valence-electron chi connectivity index (χ3n) is 6.26. The van der Waals surface area contributed by atoms with Crippen molar-refractivity contribution < 1.29 is 13.6 Å². The fourth-order valence-electron chi connectivity index (χ4n) is 4.30. The van der Waals surface area contributed by atoms with Gasteiger partial charge in [0.15, 0.2) is 5.58 Å². The van der Waals surface area contributed by atoms with Crippen molar-refractivity contribution in [1.29, 1.82) is 0 Å². The Morgan fingerprint density at radius 1 is 0.771 bits per heavy atom. The third kappa shape index (κ3) is 4.50. The van der Waals surface area contributed by atoms with E-state index < -0.39 is 17.0 Å². The lowest BCUT2D eigenvalue weighted by Crippen LogP contribution is -2.23. The van der Waals surface area contributed by atoms with Gasteiger partial charge in [0.2, 0.25) is 5.78 Å². The SMILES string of the molecule is CCN(CC)c1ccc2cc(C(=O)c3cc4ccc(N(CC)CC)c(Br)c4oc3=O)c(=O)oc2c1. The molecule has 2 aromatic carbocycles. The monoisotopic (exact) mass is 538 g/mol. The van der Waals surface area contributed by atoms with Gasteiger partial charge in [0.25, 0.3) is 0 Å². The molecular weight excluding hydrogens is 512 g/mol. The number of nitrogens with zero attached hydrogens (tertiary/aromatic N) is 2. The predicted molar refractivity (Wildman–Crippen MR) is 143 cm³/mol. The number of hydrogen-bond donors (Lipinski definition) is 0. The van der Waals surface area contributed by atoms with E-state index >= 15 is 0 Å². The Labute approximate surface area is 211 Å². The van der Waals surface area contributed by atoms with E-state index in [1.165, 1.54) is 12.1 Å². The van der Waals surface area contributed by atoms with E-state index in [0.29, 0.717) is 26.4 Å². The van der Waals surface area contributed by atoms with Crippen molar-refractivity contribution in [2.75, 3.05) is 36.0 Å². The number of fused-ring (bicyclic) bond motifs is 2. The van der Waals surface area contributed by atoms with Crippen molar-refractivity contribution in [3.8, 4) is 0 Å². The second-order valence-electron chi connectivity index (χ2n) is 8.11. The molecule has 182 valence electrons. The number of hydrogen-bond acceptors (Lipinski definition) is 7. The van der Waals surface area contributed by atoms with Crippen molar-refractivity contribution in [2.45, 2.75) is 27.7 Å². The summed E-state index contributed by atoms with van der Waals surface area (Å²) in [5, 5.41) is 1.17. The molecule has 0 bridgehead atoms. The van der Waals surface area contributed by atoms with Crippen molar-refractivity contribution >= 4 is 55.0 Å². The zero-order chi connectivity index (χ0) is 25.3. The number of halogens is 1. The van der Waals surface area contributed by atoms with E-state index in [1.54, 1.807) is 18.2 Å². The summed E-state index contributed by atoms with van der Waals surface area (Å²) in [4.78, 5) is 43.1. The molecule has 0 spiro atoms. The van der Waals surface area contributed by atoms with Crippen LogP contribution in [0.25, 0.3) is 21.9 Å². The first-order chi connectivity index (χ1) is 16.8. The molecule has 35 heavy (non-hydrogen) atoms. The molecular formula is C27H27BrN2O5. The van der Waals surface area contributed by atoms with Crippen molar-refractivity contribution in [1.82, 2.24) is 0 Å². The largest absolute Gasteiger partial charge is 0.422 e. The van der Waals surface area contributed by atoms with E-state index in [-0.39, 0.29) is 11.1 Å². The summed E-state index contributed by atoms with van der Waals surface area (Å²) in [6, 6.07) is 12.1. The second-order valence-corrected chi connectivity index (χ2v) is 8.90. The van der Waals surface area contributed by atoms with Crippen LogP contribution in [0.5, 0.6) is 0 Å². The molecule has 0 atom stereocenters. The molecule has 4 rings (SSSR count). The highest BCUT2D eigenvalue weighted by molar-refractivity contribution is 9.10. The summed E-state index contributed by atoms with van der Waals surface area (Å²) in [5.74, 6) is -0.729. The summed E-state index contributed by atoms with van der Waals surface area (Å²) >= 11 is 3.54. The summed E-state index contributed by atoms with van der Waals surface area (Å²) in [5.41, 5.74) is 0.524. The Balaban J connectivity index is 1.78. The van der Waals surface area contributed by atoms with E-state index in [4.69, 9.17) is 8.83 Å². The average Bonchev–Trinajstić information content (AvgIpc) is 2.86. The maximum Gasteiger partial charge on any atom is 0.347 e. The first-order valence-electron chi connectivity index (χ1n) is 11.7. The predicted octanol–water partition coefficient (Wildman–Crippen LogP) is 5.59. The van der Waals surface area contributed by atoms with Crippen LogP contribution in [-0.2, 0) is 0 Å². The van der Waals surface area contributed by atoms with Crippen LogP contribution >= 0.6 is 15.9 Å². The molecule has 0 aliphatic carbocycles. The van der Waals surface area contributed by atoms with Crippen molar-refractivity contribution in [3.05, 3.63) is 78.9 Å². The fourth-order valence-corrected chi connectivity index (χ4v) is 4.99. The van der Waals surface area contributed by atoms with Gasteiger partial charge in [-0.15, -0.1) is 0 Å². The maximum absolute atomic E-state index is 13.2. The molecule has 0 N–H and O–H groups in total. The second kappa shape index (κ2) is 10.1. The summed E-state index contributed by atoms with van der Waals surface area (Å²) < 4.78 is 11.7. The van der Waals surface area contributed by atoms with Crippen LogP contribution in [0, 0.1) is 0 Å². The Morgan fingerprint density at radius 3 is 1.97 bits per heavy atom. The third-order valence-corrected chi connectivity index (χ3v) is 7.03. The van der Waals surface area contributed by atoms with Crippen LogP contribution in [0.4, 0.5) is 11.4 Å². The van der Waals surface area contributed by atoms with Gasteiger partial charge >= 0.3 is 11.3 Å². The summed E-state index contributed by atoms with van der Waals surface area (Å²) in [6.45, 7) is 11.4. The quantitative estimate of drug-likeness (QED) is 0.213. The summed E-state index contributed by atoms with van der Waals surface area (Å²) in [6.07, 6.45) is 0. The molecule has 0 amide bonds. The average molecular weight is 539 g/mol. The van der Waals surface area contributed by atoms with Gasteiger partial charge in [-0.2, -0.15) is 0 Å². The molecule has 0 saturated heterocycles. The molecule has 0 unspecified atom stereocenters. The van der Waals surface area contributed by atoms with Crippen molar-refractivity contribution in [3.63, 3.8) is 0 Å². The molecule has 2 aromatic heterocycles. The number of rotatable bonds is 8. The minimum atomic E-state index is -0.809. The van der Waals surface area contributed by atoms with Gasteiger partial charge in [-0.05, 0) is 80.0 Å². The van der Waals surface area contributed by atoms with E-state index in [9.17, 15) is 14.4 Å². The van der Waals surface area contributed by atoms with Gasteiger partial charge in [-0.1, -0.05) is 0 Å². The molecule has 7 nitrogen and oxygen atoms in total. The fraction of sp³-hybridized carbons (Fsp3) is 0.296. The first-order valence-corrected chi connectivity index (χ1v) is 12.5. The standard InChI is InChI=1S/C27H27BrN2O5/c1-5-29(6-2)18-11-9-16-13-19(26(32)34-22(16)15-18)24(31)20-14-17-10-12-21(30(7-3)8-4)23(28)25(17)35-27(20)33/h9-15H,5-8H2,1-4H3. The molecule has 0 fully saturated rings. The number of ketones is 1. The van der Waals surface area contributed by atoms with Crippen LogP contribution < -0.4 is 21.1 Å². The van der Waals surface area contributed by atoms with Crippen LogP contribution in [0.15, 0.2) is 65.4 Å². The molecule has 0 aliphatic heterocycles. The minimum Gasteiger partial charge on any atom is -0.422 e. The minimum absolute atomic E-state index is 0.210. The molecule has 0 aliphatic rings. The normalized spacial score (nSPS) is 11.2. The number of carbonyl (C=O) groups excluding carboxylic acids is 1. The number of anilines is 2. The molecule has 2 heterocycles. The lowest BCUT2D eigenvalue weighted by molar-refractivity contribution is 0.103. The zero-order valence-electron chi connectivity index (χ0n) is 20.2. The van der Waals surface area contributed by atoms with Crippen LogP contribution in [-0.4, -0.2) is 32.0 Å². The van der Waals surface area contributed by atoms with E-state index in [0.717, 1.165) is 37.6 Å². The van der Waals surface area contributed by atoms with E-state index in [1.807, 2.05) is 39.8 Å². The summed E-state index contributed by atoms with van der Waals surface area (Å²) in [7, 11) is 0. The van der Waals surface area contributed by atoms with E-state index in [2.05, 4.69) is 25.7 Å². The smallest absolute Gasteiger partial charge is 0.347 e. The number of carbonyl (C=O) groups is 1. The van der Waals surface area contributed by atoms with Crippen LogP contribution in [0.1, 0.15) is 43.6 Å². The van der Waals surface area contributed by atoms with Crippen molar-refractivity contribution in [2.24, 2.45) is 0 Å². The highest BCUT2D eigenvalue weighted by Crippen LogP contribution is 2.33. The topological polar surface area (TPSA) is 84.0 Å².